The fourth-order valence-corrected chi connectivity index (χ4v) is 2.21. The van der Waals surface area contributed by atoms with E-state index >= 15 is 0 Å². The molecule has 2 aromatic carbocycles. The third-order valence-electron chi connectivity index (χ3n) is 3.63. The molecule has 2 aromatic rings. The summed E-state index contributed by atoms with van der Waals surface area (Å²) in [5.74, 6) is 0.0613. The lowest BCUT2D eigenvalue weighted by molar-refractivity contribution is -0.698. The molecule has 0 fully saturated rings. The predicted octanol–water partition coefficient (Wildman–Crippen LogP) is 1.80. The summed E-state index contributed by atoms with van der Waals surface area (Å²) in [6.45, 7) is 2.39. The Hall–Kier alpha value is -2.51. The van der Waals surface area contributed by atoms with Gasteiger partial charge in [0.05, 0.1) is 11.0 Å². The number of hydrogen-bond acceptors (Lipinski definition) is 4. The third kappa shape index (κ3) is 5.29. The van der Waals surface area contributed by atoms with Gasteiger partial charge in [0.15, 0.2) is 0 Å². The highest BCUT2D eigenvalue weighted by molar-refractivity contribution is 5.37. The molecular weight excluding hydrogens is 315 g/mol. The van der Waals surface area contributed by atoms with Gasteiger partial charge in [-0.2, -0.15) is 0 Å². The second kappa shape index (κ2) is 8.37. The van der Waals surface area contributed by atoms with Crippen molar-refractivity contribution in [3.63, 3.8) is 0 Å². The van der Waals surface area contributed by atoms with Crippen molar-refractivity contribution in [2.45, 2.75) is 19.1 Å². The average molecular weight is 335 g/mol. The molecule has 2 atom stereocenters. The van der Waals surface area contributed by atoms with Crippen LogP contribution in [0.3, 0.4) is 0 Å². The molecule has 128 valence electrons. The molecule has 3 N–H and O–H groups in total. The van der Waals surface area contributed by atoms with Crippen molar-refractivity contribution in [3.8, 4) is 5.75 Å². The first kappa shape index (κ1) is 17.8. The Kier molecular flexibility index (Phi) is 6.22. The molecule has 0 aromatic heterocycles. The Balaban J connectivity index is 1.79. The van der Waals surface area contributed by atoms with Gasteiger partial charge >= 0.3 is 0 Å². The Morgan fingerprint density at radius 2 is 2.00 bits per heavy atom. The van der Waals surface area contributed by atoms with Crippen molar-refractivity contribution in [2.75, 3.05) is 13.2 Å². The molecule has 2 rings (SSSR count). The minimum Gasteiger partial charge on any atom is -0.490 e. The van der Waals surface area contributed by atoms with Crippen molar-refractivity contribution in [2.24, 2.45) is 0 Å². The van der Waals surface area contributed by atoms with Crippen LogP contribution < -0.4 is 10.1 Å². The largest absolute Gasteiger partial charge is 0.490 e. The van der Waals surface area contributed by atoms with Gasteiger partial charge < -0.3 is 15.2 Å². The fraction of sp³-hybridized carbons (Fsp3) is 0.294. The average Bonchev–Trinajstić information content (AvgIpc) is 2.58. The van der Waals surface area contributed by atoms with Gasteiger partial charge in [0.2, 0.25) is 0 Å². The molecule has 24 heavy (non-hydrogen) atoms. The summed E-state index contributed by atoms with van der Waals surface area (Å²) in [7, 11) is 0. The van der Waals surface area contributed by atoms with Crippen molar-refractivity contribution in [1.29, 1.82) is 0 Å². The van der Waals surface area contributed by atoms with Crippen LogP contribution in [0.4, 0.5) is 10.1 Å². The summed E-state index contributed by atoms with van der Waals surface area (Å²) in [5, 5.41) is 22.6. The van der Waals surface area contributed by atoms with Crippen LogP contribution in [0.2, 0.25) is 0 Å². The first-order chi connectivity index (χ1) is 11.5. The zero-order valence-electron chi connectivity index (χ0n) is 13.3. The molecule has 0 aliphatic carbocycles. The number of aliphatic hydroxyl groups excluding tert-OH is 1. The van der Waals surface area contributed by atoms with Crippen LogP contribution in [0.25, 0.3) is 0 Å². The molecule has 7 heteroatoms. The van der Waals surface area contributed by atoms with Crippen LogP contribution in [0.15, 0.2) is 48.5 Å². The van der Waals surface area contributed by atoms with Gasteiger partial charge in [-0.15, -0.1) is 0 Å². The fourth-order valence-electron chi connectivity index (χ4n) is 2.21. The first-order valence-electron chi connectivity index (χ1n) is 7.60. The molecule has 0 amide bonds. The maximum Gasteiger partial charge on any atom is 0.273 e. The maximum atomic E-state index is 12.9. The standard InChI is InChI=1S/C17H19FN2O4/c1-12(13-5-7-14(18)8-6-13)19-10-16(21)11-24-17-4-2-3-15(9-17)20(22)23/h2-9,12,16,19,21H,10-11H2,1H3/p+1/t12-,16+/m0/s1. The molecule has 0 radical (unpaired) electrons. The van der Waals surface area contributed by atoms with Crippen LogP contribution in [-0.2, 0) is 0 Å². The van der Waals surface area contributed by atoms with Gasteiger partial charge in [0.1, 0.15) is 36.9 Å². The minimum absolute atomic E-state index is 0.0355. The van der Waals surface area contributed by atoms with Crippen LogP contribution in [0, 0.1) is 15.9 Å². The Morgan fingerprint density at radius 1 is 1.29 bits per heavy atom. The molecule has 0 aliphatic heterocycles. The number of rotatable bonds is 8. The van der Waals surface area contributed by atoms with Crippen LogP contribution in [0.5, 0.6) is 5.75 Å². The summed E-state index contributed by atoms with van der Waals surface area (Å²) in [6, 6.07) is 12.1. The van der Waals surface area contributed by atoms with Crippen molar-refractivity contribution in [3.05, 3.63) is 70.0 Å². The number of nitro groups is 1. The van der Waals surface area contributed by atoms with Crippen molar-refractivity contribution < 1.29 is 24.5 Å². The number of benzene rings is 2. The van der Waals surface area contributed by atoms with Crippen molar-refractivity contribution in [1.82, 2.24) is 0 Å². The smallest absolute Gasteiger partial charge is 0.273 e. The van der Waals surface area contributed by atoms with E-state index in [1.54, 1.807) is 18.2 Å². The molecule has 0 aliphatic rings. The van der Waals surface area contributed by atoms with Gasteiger partial charge in [-0.05, 0) is 25.1 Å². The quantitative estimate of drug-likeness (QED) is 0.569. The summed E-state index contributed by atoms with van der Waals surface area (Å²) < 4.78 is 18.3. The number of nitro benzene ring substituents is 1. The molecular formula is C17H20FN2O4+. The number of ether oxygens (including phenoxy) is 1. The van der Waals surface area contributed by atoms with E-state index in [0.717, 1.165) is 5.56 Å². The van der Waals surface area contributed by atoms with Gasteiger partial charge in [-0.3, -0.25) is 10.1 Å². The molecule has 0 spiro atoms. The Labute approximate surface area is 139 Å². The summed E-state index contributed by atoms with van der Waals surface area (Å²) in [4.78, 5) is 10.2. The van der Waals surface area contributed by atoms with E-state index in [9.17, 15) is 19.6 Å². The molecule has 0 bridgehead atoms. The van der Waals surface area contributed by atoms with E-state index in [4.69, 9.17) is 4.74 Å². The molecule has 0 saturated heterocycles. The minimum atomic E-state index is -0.729. The molecule has 0 heterocycles. The zero-order valence-corrected chi connectivity index (χ0v) is 13.3. The van der Waals surface area contributed by atoms with E-state index in [0.29, 0.717) is 12.3 Å². The number of non-ortho nitro benzene ring substituents is 1. The number of hydrogen-bond donors (Lipinski definition) is 2. The number of aliphatic hydroxyl groups is 1. The maximum absolute atomic E-state index is 12.9. The van der Waals surface area contributed by atoms with Gasteiger partial charge in [0, 0.05) is 11.6 Å². The topological polar surface area (TPSA) is 89.2 Å². The Bertz CT molecular complexity index is 679. The van der Waals surface area contributed by atoms with E-state index < -0.39 is 11.0 Å². The number of halogens is 1. The van der Waals surface area contributed by atoms with E-state index in [1.807, 2.05) is 12.2 Å². The molecule has 6 nitrogen and oxygen atoms in total. The van der Waals surface area contributed by atoms with Crippen LogP contribution in [-0.4, -0.2) is 29.3 Å². The summed E-state index contributed by atoms with van der Waals surface area (Å²) in [6.07, 6.45) is -0.729. The monoisotopic (exact) mass is 335 g/mol. The van der Waals surface area contributed by atoms with Crippen LogP contribution >= 0.6 is 0 Å². The normalized spacial score (nSPS) is 13.3. The van der Waals surface area contributed by atoms with Gasteiger partial charge in [-0.1, -0.05) is 18.2 Å². The van der Waals surface area contributed by atoms with Crippen molar-refractivity contribution >= 4 is 5.69 Å². The predicted molar refractivity (Wildman–Crippen MR) is 86.2 cm³/mol. The lowest BCUT2D eigenvalue weighted by Gasteiger charge is -2.15. The first-order valence-corrected chi connectivity index (χ1v) is 7.60. The second-order valence-electron chi connectivity index (χ2n) is 5.53. The lowest BCUT2D eigenvalue weighted by atomic mass is 10.1. The highest BCUT2D eigenvalue weighted by atomic mass is 19.1. The SMILES string of the molecule is C[C@H]([NH2+]C[C@@H](O)COc1cccc([N+](=O)[O-])c1)c1ccc(F)cc1. The summed E-state index contributed by atoms with van der Waals surface area (Å²) >= 11 is 0. The molecule has 0 saturated carbocycles. The number of quaternary nitrogens is 1. The number of nitrogens with zero attached hydrogens (tertiary/aromatic N) is 1. The van der Waals surface area contributed by atoms with E-state index in [1.165, 1.54) is 30.3 Å². The van der Waals surface area contributed by atoms with Crippen LogP contribution in [0.1, 0.15) is 18.5 Å². The van der Waals surface area contributed by atoms with Gasteiger partial charge in [-0.25, -0.2) is 4.39 Å². The summed E-state index contributed by atoms with van der Waals surface area (Å²) in [5.41, 5.74) is 0.904. The lowest BCUT2D eigenvalue weighted by Crippen LogP contribution is -2.87. The number of nitrogens with two attached hydrogens (primary N) is 1. The zero-order chi connectivity index (χ0) is 17.5. The highest BCUT2D eigenvalue weighted by Crippen LogP contribution is 2.19. The Morgan fingerprint density at radius 3 is 2.67 bits per heavy atom. The van der Waals surface area contributed by atoms with Gasteiger partial charge in [0.25, 0.3) is 5.69 Å². The third-order valence-corrected chi connectivity index (χ3v) is 3.63. The molecule has 0 unspecified atom stereocenters. The van der Waals surface area contributed by atoms with E-state index in [2.05, 4.69) is 0 Å². The second-order valence-corrected chi connectivity index (χ2v) is 5.53. The van der Waals surface area contributed by atoms with E-state index in [-0.39, 0.29) is 24.2 Å². The highest BCUT2D eigenvalue weighted by Gasteiger charge is 2.14.